The van der Waals surface area contributed by atoms with Gasteiger partial charge in [-0.05, 0) is 36.4 Å². The summed E-state index contributed by atoms with van der Waals surface area (Å²) in [7, 11) is 0. The van der Waals surface area contributed by atoms with Gasteiger partial charge < -0.3 is 15.1 Å². The largest absolute Gasteiger partial charge is 0.366 e. The minimum atomic E-state index is -0.321. The summed E-state index contributed by atoms with van der Waals surface area (Å²) >= 11 is 12.2. The third-order valence-corrected chi connectivity index (χ3v) is 6.10. The van der Waals surface area contributed by atoms with E-state index in [1.165, 1.54) is 0 Å². The van der Waals surface area contributed by atoms with E-state index in [2.05, 4.69) is 10.2 Å². The SMILES string of the molecule is O=C(Nc1ccccc1N1CCN(C(=O)c2ccccc2)CC1)c1cccc(Cl)c1Cl. The summed E-state index contributed by atoms with van der Waals surface area (Å²) in [4.78, 5) is 29.5. The summed E-state index contributed by atoms with van der Waals surface area (Å²) in [6.45, 7) is 2.55. The smallest absolute Gasteiger partial charge is 0.257 e. The standard InChI is InChI=1S/C24H21Cl2N3O2/c25-19-10-6-9-18(22(19)26)23(30)27-20-11-4-5-12-21(20)28-13-15-29(16-14-28)24(31)17-7-2-1-3-8-17/h1-12H,13-16H2,(H,27,30). The Morgan fingerprint density at radius 2 is 1.45 bits per heavy atom. The number of piperazine rings is 1. The quantitative estimate of drug-likeness (QED) is 0.589. The summed E-state index contributed by atoms with van der Waals surface area (Å²) in [5.74, 6) is -0.282. The van der Waals surface area contributed by atoms with Gasteiger partial charge in [0, 0.05) is 31.7 Å². The van der Waals surface area contributed by atoms with Crippen LogP contribution in [0.5, 0.6) is 0 Å². The van der Waals surface area contributed by atoms with E-state index in [9.17, 15) is 9.59 Å². The lowest BCUT2D eigenvalue weighted by Gasteiger charge is -2.37. The number of carbonyl (C=O) groups excluding carboxylic acids is 2. The average Bonchev–Trinajstić information content (AvgIpc) is 2.81. The van der Waals surface area contributed by atoms with E-state index in [0.29, 0.717) is 48.0 Å². The molecule has 0 aromatic heterocycles. The van der Waals surface area contributed by atoms with Crippen molar-refractivity contribution in [1.29, 1.82) is 0 Å². The fraction of sp³-hybridized carbons (Fsp3) is 0.167. The van der Waals surface area contributed by atoms with Gasteiger partial charge in [0.1, 0.15) is 0 Å². The summed E-state index contributed by atoms with van der Waals surface area (Å²) in [6.07, 6.45) is 0. The van der Waals surface area contributed by atoms with E-state index >= 15 is 0 Å². The third-order valence-electron chi connectivity index (χ3n) is 5.28. The van der Waals surface area contributed by atoms with Crippen molar-refractivity contribution in [2.45, 2.75) is 0 Å². The third kappa shape index (κ3) is 4.68. The second kappa shape index (κ2) is 9.41. The highest BCUT2D eigenvalue weighted by atomic mass is 35.5. The zero-order valence-corrected chi connectivity index (χ0v) is 18.2. The van der Waals surface area contributed by atoms with Gasteiger partial charge in [0.05, 0.1) is 27.0 Å². The normalized spacial score (nSPS) is 13.7. The molecule has 7 heteroatoms. The predicted octanol–water partition coefficient (Wildman–Crippen LogP) is 5.21. The van der Waals surface area contributed by atoms with Crippen molar-refractivity contribution in [2.24, 2.45) is 0 Å². The van der Waals surface area contributed by atoms with E-state index in [-0.39, 0.29) is 16.8 Å². The van der Waals surface area contributed by atoms with Gasteiger partial charge in [-0.1, -0.05) is 59.6 Å². The molecule has 5 nitrogen and oxygen atoms in total. The zero-order chi connectivity index (χ0) is 21.8. The second-order valence-corrected chi connectivity index (χ2v) is 8.00. The molecule has 3 aromatic rings. The molecule has 31 heavy (non-hydrogen) atoms. The molecule has 0 unspecified atom stereocenters. The lowest BCUT2D eigenvalue weighted by Crippen LogP contribution is -2.49. The Hall–Kier alpha value is -3.02. The number of nitrogens with zero attached hydrogens (tertiary/aromatic N) is 2. The van der Waals surface area contributed by atoms with Crippen LogP contribution in [-0.2, 0) is 0 Å². The van der Waals surface area contributed by atoms with E-state index in [0.717, 1.165) is 5.69 Å². The van der Waals surface area contributed by atoms with Crippen LogP contribution in [-0.4, -0.2) is 42.9 Å². The monoisotopic (exact) mass is 453 g/mol. The zero-order valence-electron chi connectivity index (χ0n) is 16.7. The fourth-order valence-corrected chi connectivity index (χ4v) is 4.02. The van der Waals surface area contributed by atoms with E-state index < -0.39 is 0 Å². The number of hydrogen-bond donors (Lipinski definition) is 1. The number of halogens is 2. The summed E-state index contributed by atoms with van der Waals surface area (Å²) in [5.41, 5.74) is 2.61. The molecule has 1 heterocycles. The molecule has 1 saturated heterocycles. The number of nitrogens with one attached hydrogen (secondary N) is 1. The first-order valence-electron chi connectivity index (χ1n) is 9.98. The van der Waals surface area contributed by atoms with Crippen LogP contribution in [0.25, 0.3) is 0 Å². The van der Waals surface area contributed by atoms with Crippen molar-refractivity contribution in [1.82, 2.24) is 4.90 Å². The summed E-state index contributed by atoms with van der Waals surface area (Å²) in [5, 5.41) is 3.51. The molecule has 2 amide bonds. The Morgan fingerprint density at radius 3 is 2.19 bits per heavy atom. The molecule has 1 aliphatic rings. The maximum absolute atomic E-state index is 12.8. The van der Waals surface area contributed by atoms with Crippen LogP contribution in [0.4, 0.5) is 11.4 Å². The van der Waals surface area contributed by atoms with Crippen molar-refractivity contribution in [3.8, 4) is 0 Å². The van der Waals surface area contributed by atoms with Crippen LogP contribution < -0.4 is 10.2 Å². The Bertz CT molecular complexity index is 1100. The minimum absolute atomic E-state index is 0.0393. The molecule has 0 atom stereocenters. The lowest BCUT2D eigenvalue weighted by molar-refractivity contribution is 0.0746. The van der Waals surface area contributed by atoms with Crippen LogP contribution in [0.15, 0.2) is 72.8 Å². The first kappa shape index (κ1) is 21.2. The highest BCUT2D eigenvalue weighted by Gasteiger charge is 2.24. The van der Waals surface area contributed by atoms with Crippen molar-refractivity contribution in [2.75, 3.05) is 36.4 Å². The van der Waals surface area contributed by atoms with Gasteiger partial charge in [-0.2, -0.15) is 0 Å². The molecule has 1 aliphatic heterocycles. The maximum Gasteiger partial charge on any atom is 0.257 e. The van der Waals surface area contributed by atoms with Crippen molar-refractivity contribution in [3.63, 3.8) is 0 Å². The number of benzene rings is 3. The number of amides is 2. The van der Waals surface area contributed by atoms with E-state index in [1.54, 1.807) is 18.2 Å². The number of para-hydroxylation sites is 2. The van der Waals surface area contributed by atoms with Gasteiger partial charge >= 0.3 is 0 Å². The van der Waals surface area contributed by atoms with Crippen molar-refractivity contribution < 1.29 is 9.59 Å². The van der Waals surface area contributed by atoms with Crippen molar-refractivity contribution >= 4 is 46.4 Å². The van der Waals surface area contributed by atoms with E-state index in [4.69, 9.17) is 23.2 Å². The highest BCUT2D eigenvalue weighted by Crippen LogP contribution is 2.30. The number of hydrogen-bond acceptors (Lipinski definition) is 3. The molecule has 1 N–H and O–H groups in total. The topological polar surface area (TPSA) is 52.7 Å². The number of rotatable bonds is 4. The van der Waals surface area contributed by atoms with Gasteiger partial charge in [-0.25, -0.2) is 0 Å². The molecule has 0 spiro atoms. The van der Waals surface area contributed by atoms with Crippen LogP contribution >= 0.6 is 23.2 Å². The summed E-state index contributed by atoms with van der Waals surface area (Å²) < 4.78 is 0. The highest BCUT2D eigenvalue weighted by molar-refractivity contribution is 6.44. The average molecular weight is 454 g/mol. The van der Waals surface area contributed by atoms with Gasteiger partial charge in [0.15, 0.2) is 0 Å². The molecule has 0 aliphatic carbocycles. The first-order valence-corrected chi connectivity index (χ1v) is 10.7. The van der Waals surface area contributed by atoms with Gasteiger partial charge in [0.2, 0.25) is 0 Å². The molecule has 158 valence electrons. The lowest BCUT2D eigenvalue weighted by atomic mass is 10.1. The van der Waals surface area contributed by atoms with Crippen LogP contribution in [0.2, 0.25) is 10.0 Å². The van der Waals surface area contributed by atoms with E-state index in [1.807, 2.05) is 59.5 Å². The molecule has 3 aromatic carbocycles. The Balaban J connectivity index is 1.46. The predicted molar refractivity (Wildman–Crippen MR) is 125 cm³/mol. The minimum Gasteiger partial charge on any atom is -0.366 e. The second-order valence-electron chi connectivity index (χ2n) is 7.22. The van der Waals surface area contributed by atoms with Gasteiger partial charge in [-0.15, -0.1) is 0 Å². The molecule has 0 radical (unpaired) electrons. The maximum atomic E-state index is 12.8. The Morgan fingerprint density at radius 1 is 0.774 bits per heavy atom. The van der Waals surface area contributed by atoms with Crippen molar-refractivity contribution in [3.05, 3.63) is 94.0 Å². The number of anilines is 2. The van der Waals surface area contributed by atoms with Crippen LogP contribution in [0.3, 0.4) is 0 Å². The molecule has 1 fully saturated rings. The Kier molecular flexibility index (Phi) is 6.44. The molecule has 0 bridgehead atoms. The van der Waals surface area contributed by atoms with Crippen LogP contribution in [0, 0.1) is 0 Å². The molecular formula is C24H21Cl2N3O2. The van der Waals surface area contributed by atoms with Crippen LogP contribution in [0.1, 0.15) is 20.7 Å². The Labute approximate surface area is 191 Å². The summed E-state index contributed by atoms with van der Waals surface area (Å²) in [6, 6.07) is 21.9. The molecular weight excluding hydrogens is 433 g/mol. The number of carbonyl (C=O) groups is 2. The molecule has 0 saturated carbocycles. The molecule has 4 rings (SSSR count). The van der Waals surface area contributed by atoms with Gasteiger partial charge in [0.25, 0.3) is 11.8 Å². The fourth-order valence-electron chi connectivity index (χ4n) is 3.64. The first-order chi connectivity index (χ1) is 15.0. The van der Waals surface area contributed by atoms with Gasteiger partial charge in [-0.3, -0.25) is 9.59 Å².